The first-order valence-corrected chi connectivity index (χ1v) is 11.6. The first-order valence-electron chi connectivity index (χ1n) is 11.6. The molecule has 0 spiro atoms. The maximum atomic E-state index is 12.6. The molecule has 5 rings (SSSR count). The van der Waals surface area contributed by atoms with Crippen molar-refractivity contribution in [1.82, 2.24) is 20.2 Å². The van der Waals surface area contributed by atoms with E-state index in [1.54, 1.807) is 0 Å². The largest absolute Gasteiger partial charge is 0.355 e. The number of benzene rings is 1. The minimum absolute atomic E-state index is 0.0351. The highest BCUT2D eigenvalue weighted by Crippen LogP contribution is 2.23. The Labute approximate surface area is 194 Å². The average molecular weight is 440 g/mol. The molecule has 1 atom stereocenters. The van der Waals surface area contributed by atoms with E-state index in [1.807, 2.05) is 37.5 Å². The van der Waals surface area contributed by atoms with Gasteiger partial charge in [-0.2, -0.15) is 0 Å². The van der Waals surface area contributed by atoms with Crippen molar-refractivity contribution in [2.24, 2.45) is 10.9 Å². The number of amides is 1. The Kier molecular flexibility index (Phi) is 6.26. The summed E-state index contributed by atoms with van der Waals surface area (Å²) in [5.74, 6) is 0.540. The fourth-order valence-corrected chi connectivity index (χ4v) is 4.73. The predicted octanol–water partition coefficient (Wildman–Crippen LogP) is 3.32. The molecule has 0 aliphatic carbocycles. The third-order valence-corrected chi connectivity index (χ3v) is 6.43. The summed E-state index contributed by atoms with van der Waals surface area (Å²) in [4.78, 5) is 28.6. The molecule has 0 saturated carbocycles. The van der Waals surface area contributed by atoms with E-state index in [2.05, 4.69) is 50.5 Å². The number of hydrogen-bond donors (Lipinski definition) is 1. The Balaban J connectivity index is 1.12. The van der Waals surface area contributed by atoms with Crippen molar-refractivity contribution in [2.75, 3.05) is 19.6 Å². The van der Waals surface area contributed by atoms with E-state index < -0.39 is 0 Å². The van der Waals surface area contributed by atoms with E-state index >= 15 is 0 Å². The Morgan fingerprint density at radius 3 is 2.88 bits per heavy atom. The molecular formula is C27H29N5O. The SMILES string of the molecule is Cc1cc(C2=NCc3cc(CC(=O)NCC4CCN(Cc5ccccc5)C4)ncc32)ccn1. The van der Waals surface area contributed by atoms with Crippen LogP contribution < -0.4 is 5.32 Å². The maximum Gasteiger partial charge on any atom is 0.226 e. The molecule has 168 valence electrons. The molecule has 0 bridgehead atoms. The number of nitrogens with one attached hydrogen (secondary N) is 1. The van der Waals surface area contributed by atoms with Gasteiger partial charge < -0.3 is 5.32 Å². The van der Waals surface area contributed by atoms with Crippen LogP contribution in [0.15, 0.2) is 65.9 Å². The maximum absolute atomic E-state index is 12.6. The van der Waals surface area contributed by atoms with Gasteiger partial charge in [0.2, 0.25) is 5.91 Å². The molecule has 6 nitrogen and oxygen atoms in total. The predicted molar refractivity (Wildman–Crippen MR) is 129 cm³/mol. The summed E-state index contributed by atoms with van der Waals surface area (Å²) in [6, 6.07) is 16.6. The number of hydrogen-bond acceptors (Lipinski definition) is 5. The smallest absolute Gasteiger partial charge is 0.226 e. The van der Waals surface area contributed by atoms with E-state index in [9.17, 15) is 4.79 Å². The van der Waals surface area contributed by atoms with Crippen LogP contribution in [0.2, 0.25) is 0 Å². The standard InChI is InChI=1S/C27H29N5O/c1-19-11-22(7-9-28-19)27-25-16-29-24(12-23(25)15-31-27)13-26(33)30-14-21-8-10-32(18-21)17-20-5-3-2-4-6-20/h2-7,9,11-12,16,21H,8,10,13-15,17-18H2,1H3,(H,30,33). The van der Waals surface area contributed by atoms with Gasteiger partial charge in [-0.3, -0.25) is 24.7 Å². The number of aromatic nitrogens is 2. The summed E-state index contributed by atoms with van der Waals surface area (Å²) < 4.78 is 0. The number of likely N-dealkylation sites (tertiary alicyclic amines) is 1. The quantitative estimate of drug-likeness (QED) is 0.613. The van der Waals surface area contributed by atoms with Crippen molar-refractivity contribution in [3.8, 4) is 0 Å². The third kappa shape index (κ3) is 5.17. The molecule has 1 unspecified atom stereocenters. The second kappa shape index (κ2) is 9.63. The molecule has 3 aromatic rings. The number of aliphatic imine (C=N–C) groups is 1. The zero-order chi connectivity index (χ0) is 22.6. The van der Waals surface area contributed by atoms with Gasteiger partial charge in [0.1, 0.15) is 0 Å². The Morgan fingerprint density at radius 2 is 2.03 bits per heavy atom. The van der Waals surface area contributed by atoms with E-state index in [4.69, 9.17) is 4.99 Å². The second-order valence-electron chi connectivity index (χ2n) is 9.04. The third-order valence-electron chi connectivity index (χ3n) is 6.43. The molecule has 1 aromatic carbocycles. The molecule has 1 amide bonds. The van der Waals surface area contributed by atoms with Crippen molar-refractivity contribution in [1.29, 1.82) is 0 Å². The molecule has 1 N–H and O–H groups in total. The molecule has 4 heterocycles. The molecule has 1 saturated heterocycles. The summed E-state index contributed by atoms with van der Waals surface area (Å²) >= 11 is 0. The second-order valence-corrected chi connectivity index (χ2v) is 9.04. The lowest BCUT2D eigenvalue weighted by atomic mass is 10.0. The molecule has 2 aromatic heterocycles. The zero-order valence-corrected chi connectivity index (χ0v) is 19.0. The molecular weight excluding hydrogens is 410 g/mol. The van der Waals surface area contributed by atoms with Crippen LogP contribution in [-0.4, -0.2) is 46.1 Å². The zero-order valence-electron chi connectivity index (χ0n) is 19.0. The van der Waals surface area contributed by atoms with E-state index in [-0.39, 0.29) is 5.91 Å². The highest BCUT2D eigenvalue weighted by atomic mass is 16.1. The lowest BCUT2D eigenvalue weighted by Crippen LogP contribution is -2.32. The minimum Gasteiger partial charge on any atom is -0.355 e. The molecule has 2 aliphatic rings. The number of carbonyl (C=O) groups is 1. The number of aryl methyl sites for hydroxylation is 1. The van der Waals surface area contributed by atoms with Gasteiger partial charge in [0.15, 0.2) is 0 Å². The van der Waals surface area contributed by atoms with Crippen LogP contribution in [0.1, 0.15) is 40.1 Å². The van der Waals surface area contributed by atoms with Gasteiger partial charge in [0, 0.05) is 48.8 Å². The van der Waals surface area contributed by atoms with Crippen LogP contribution in [-0.2, 0) is 24.3 Å². The average Bonchev–Trinajstić information content (AvgIpc) is 3.45. The Bertz CT molecular complexity index is 1170. The number of carbonyl (C=O) groups excluding carboxylic acids is 1. The van der Waals surface area contributed by atoms with Gasteiger partial charge in [-0.05, 0) is 55.1 Å². The van der Waals surface area contributed by atoms with Gasteiger partial charge in [0.25, 0.3) is 0 Å². The van der Waals surface area contributed by atoms with Crippen LogP contribution in [0, 0.1) is 12.8 Å². The highest BCUT2D eigenvalue weighted by Gasteiger charge is 2.23. The number of rotatable bonds is 7. The summed E-state index contributed by atoms with van der Waals surface area (Å²) in [6.07, 6.45) is 5.09. The first-order chi connectivity index (χ1) is 16.1. The Hall–Kier alpha value is -3.38. The normalized spacial score (nSPS) is 17.6. The fourth-order valence-electron chi connectivity index (χ4n) is 4.73. The van der Waals surface area contributed by atoms with Gasteiger partial charge in [0.05, 0.1) is 24.4 Å². The number of fused-ring (bicyclic) bond motifs is 1. The Morgan fingerprint density at radius 1 is 1.15 bits per heavy atom. The van der Waals surface area contributed by atoms with E-state index in [0.29, 0.717) is 18.9 Å². The van der Waals surface area contributed by atoms with Crippen molar-refractivity contribution in [2.45, 2.75) is 32.9 Å². The van der Waals surface area contributed by atoms with Gasteiger partial charge in [-0.25, -0.2) is 0 Å². The lowest BCUT2D eigenvalue weighted by molar-refractivity contribution is -0.120. The minimum atomic E-state index is 0.0351. The molecule has 33 heavy (non-hydrogen) atoms. The summed E-state index contributed by atoms with van der Waals surface area (Å²) in [7, 11) is 0. The summed E-state index contributed by atoms with van der Waals surface area (Å²) in [6.45, 7) is 6.42. The van der Waals surface area contributed by atoms with Crippen molar-refractivity contribution < 1.29 is 4.79 Å². The van der Waals surface area contributed by atoms with E-state index in [0.717, 1.165) is 66.4 Å². The summed E-state index contributed by atoms with van der Waals surface area (Å²) in [5, 5.41) is 3.12. The topological polar surface area (TPSA) is 70.5 Å². The number of pyridine rings is 2. The van der Waals surface area contributed by atoms with Crippen LogP contribution in [0.4, 0.5) is 0 Å². The van der Waals surface area contributed by atoms with Crippen LogP contribution in [0.3, 0.4) is 0 Å². The van der Waals surface area contributed by atoms with Crippen molar-refractivity contribution in [3.05, 3.63) is 94.6 Å². The monoisotopic (exact) mass is 439 g/mol. The van der Waals surface area contributed by atoms with Crippen LogP contribution in [0.5, 0.6) is 0 Å². The van der Waals surface area contributed by atoms with Gasteiger partial charge >= 0.3 is 0 Å². The van der Waals surface area contributed by atoms with E-state index in [1.165, 1.54) is 5.56 Å². The lowest BCUT2D eigenvalue weighted by Gasteiger charge is -2.16. The fraction of sp³-hybridized carbons (Fsp3) is 0.333. The van der Waals surface area contributed by atoms with Gasteiger partial charge in [-0.15, -0.1) is 0 Å². The van der Waals surface area contributed by atoms with Crippen molar-refractivity contribution in [3.63, 3.8) is 0 Å². The van der Waals surface area contributed by atoms with Crippen LogP contribution >= 0.6 is 0 Å². The molecule has 1 fully saturated rings. The summed E-state index contributed by atoms with van der Waals surface area (Å²) in [5.41, 5.74) is 7.31. The molecule has 2 aliphatic heterocycles. The molecule has 0 radical (unpaired) electrons. The van der Waals surface area contributed by atoms with Gasteiger partial charge in [-0.1, -0.05) is 30.3 Å². The van der Waals surface area contributed by atoms with Crippen LogP contribution in [0.25, 0.3) is 0 Å². The first kappa shape index (κ1) is 21.5. The highest BCUT2D eigenvalue weighted by molar-refractivity contribution is 6.15. The number of nitrogens with zero attached hydrogens (tertiary/aromatic N) is 4. The molecule has 6 heteroatoms. The van der Waals surface area contributed by atoms with Crippen molar-refractivity contribution >= 4 is 11.6 Å².